The Bertz CT molecular complexity index is 441. The molecule has 5 heteroatoms. The molecule has 0 fully saturated rings. The molecule has 1 unspecified atom stereocenters. The first-order valence-corrected chi connectivity index (χ1v) is 8.04. The molecule has 0 aliphatic rings. The lowest BCUT2D eigenvalue weighted by Crippen LogP contribution is -2.39. The minimum Gasteiger partial charge on any atom is -0.396 e. The normalized spacial score (nSPS) is 13.0. The van der Waals surface area contributed by atoms with E-state index >= 15 is 0 Å². The molecule has 0 bridgehead atoms. The summed E-state index contributed by atoms with van der Waals surface area (Å²) in [7, 11) is 0. The summed E-state index contributed by atoms with van der Waals surface area (Å²) >= 11 is 1.48. The van der Waals surface area contributed by atoms with E-state index in [9.17, 15) is 4.79 Å². The van der Waals surface area contributed by atoms with Gasteiger partial charge in [-0.05, 0) is 25.2 Å². The minimum absolute atomic E-state index is 0.00236. The van der Waals surface area contributed by atoms with Crippen molar-refractivity contribution in [1.82, 2.24) is 10.3 Å². The van der Waals surface area contributed by atoms with Gasteiger partial charge in [0.25, 0.3) is 5.91 Å². The molecule has 1 atom stereocenters. The fourth-order valence-electron chi connectivity index (χ4n) is 2.04. The highest BCUT2D eigenvalue weighted by molar-refractivity contribution is 7.13. The molecule has 1 heterocycles. The smallest absolute Gasteiger partial charge is 0.263 e. The number of rotatable bonds is 7. The largest absolute Gasteiger partial charge is 0.396 e. The van der Waals surface area contributed by atoms with Gasteiger partial charge in [0.15, 0.2) is 0 Å². The molecule has 0 aliphatic carbocycles. The van der Waals surface area contributed by atoms with Crippen LogP contribution in [0.5, 0.6) is 0 Å². The van der Waals surface area contributed by atoms with Crippen LogP contribution in [0.1, 0.15) is 54.5 Å². The molecule has 0 saturated heterocycles. The highest BCUT2D eigenvalue weighted by Gasteiger charge is 2.20. The van der Waals surface area contributed by atoms with Gasteiger partial charge in [-0.15, -0.1) is 11.3 Å². The monoisotopic (exact) mass is 298 g/mol. The topological polar surface area (TPSA) is 62.2 Å². The van der Waals surface area contributed by atoms with E-state index in [2.05, 4.69) is 24.1 Å². The summed E-state index contributed by atoms with van der Waals surface area (Å²) in [5.74, 6) is 0.769. The summed E-state index contributed by atoms with van der Waals surface area (Å²) < 4.78 is 0. The van der Waals surface area contributed by atoms with Gasteiger partial charge in [0, 0.05) is 19.1 Å². The van der Waals surface area contributed by atoms with Gasteiger partial charge in [0.2, 0.25) is 0 Å². The van der Waals surface area contributed by atoms with Crippen LogP contribution in [0.3, 0.4) is 0 Å². The molecule has 0 radical (unpaired) electrons. The van der Waals surface area contributed by atoms with Gasteiger partial charge in [-0.3, -0.25) is 4.79 Å². The number of nitrogens with zero attached hydrogens (tertiary/aromatic N) is 1. The van der Waals surface area contributed by atoms with Crippen LogP contribution in [0.2, 0.25) is 0 Å². The van der Waals surface area contributed by atoms with Crippen LogP contribution in [0.25, 0.3) is 0 Å². The third kappa shape index (κ3) is 4.87. The standard InChI is InChI=1S/C15H26N2O2S/c1-9(2)8-13-16-11(5)14(20-13)15(19)17-12(6-7-18)10(3)4/h9-10,12,18H,6-8H2,1-5H3,(H,17,19). The molecule has 114 valence electrons. The molecular weight excluding hydrogens is 272 g/mol. The second-order valence-corrected chi connectivity index (χ2v) is 7.04. The third-order valence-electron chi connectivity index (χ3n) is 3.19. The van der Waals surface area contributed by atoms with E-state index in [-0.39, 0.29) is 18.6 Å². The van der Waals surface area contributed by atoms with Crippen molar-refractivity contribution in [3.63, 3.8) is 0 Å². The Balaban J connectivity index is 2.78. The first-order valence-electron chi connectivity index (χ1n) is 7.23. The van der Waals surface area contributed by atoms with Crippen molar-refractivity contribution in [2.45, 2.75) is 53.5 Å². The Kier molecular flexibility index (Phi) is 6.62. The predicted molar refractivity (Wildman–Crippen MR) is 83.2 cm³/mol. The lowest BCUT2D eigenvalue weighted by molar-refractivity contribution is 0.0920. The van der Waals surface area contributed by atoms with Gasteiger partial charge in [0.05, 0.1) is 10.7 Å². The Morgan fingerprint density at radius 2 is 2.00 bits per heavy atom. The number of hydrogen-bond donors (Lipinski definition) is 2. The molecule has 0 saturated carbocycles. The zero-order valence-corrected chi connectivity index (χ0v) is 13.9. The van der Waals surface area contributed by atoms with Crippen molar-refractivity contribution in [3.05, 3.63) is 15.6 Å². The summed E-state index contributed by atoms with van der Waals surface area (Å²) in [6.45, 7) is 10.3. The van der Waals surface area contributed by atoms with Gasteiger partial charge < -0.3 is 10.4 Å². The number of amides is 1. The number of aromatic nitrogens is 1. The maximum absolute atomic E-state index is 12.3. The third-order valence-corrected chi connectivity index (χ3v) is 4.37. The highest BCUT2D eigenvalue weighted by Crippen LogP contribution is 2.21. The minimum atomic E-state index is -0.0674. The molecule has 1 aromatic rings. The molecule has 1 aromatic heterocycles. The molecule has 4 nitrogen and oxygen atoms in total. The van der Waals surface area contributed by atoms with Gasteiger partial charge in [-0.25, -0.2) is 4.98 Å². The summed E-state index contributed by atoms with van der Waals surface area (Å²) in [6, 6.07) is 0.00236. The van der Waals surface area contributed by atoms with Gasteiger partial charge in [-0.2, -0.15) is 0 Å². The van der Waals surface area contributed by atoms with Crippen LogP contribution in [0.15, 0.2) is 0 Å². The fraction of sp³-hybridized carbons (Fsp3) is 0.733. The molecule has 0 aromatic carbocycles. The number of hydrogen-bond acceptors (Lipinski definition) is 4. The van der Waals surface area contributed by atoms with Crippen molar-refractivity contribution < 1.29 is 9.90 Å². The van der Waals surface area contributed by atoms with Crippen LogP contribution in [0.4, 0.5) is 0 Å². The van der Waals surface area contributed by atoms with Crippen molar-refractivity contribution in [2.75, 3.05) is 6.61 Å². The van der Waals surface area contributed by atoms with E-state index in [4.69, 9.17) is 5.11 Å². The first-order chi connectivity index (χ1) is 9.35. The number of aliphatic hydroxyl groups excluding tert-OH is 1. The zero-order chi connectivity index (χ0) is 15.3. The molecular formula is C15H26N2O2S. The lowest BCUT2D eigenvalue weighted by atomic mass is 10.0. The van der Waals surface area contributed by atoms with E-state index in [1.165, 1.54) is 11.3 Å². The number of carbonyl (C=O) groups is 1. The van der Waals surface area contributed by atoms with E-state index < -0.39 is 0 Å². The highest BCUT2D eigenvalue weighted by atomic mass is 32.1. The SMILES string of the molecule is Cc1nc(CC(C)C)sc1C(=O)NC(CCO)C(C)C. The van der Waals surface area contributed by atoms with E-state index in [0.29, 0.717) is 23.1 Å². The number of aliphatic hydroxyl groups is 1. The summed E-state index contributed by atoms with van der Waals surface area (Å²) in [4.78, 5) is 17.5. The molecule has 1 amide bonds. The average Bonchev–Trinajstić information content (AvgIpc) is 2.68. The van der Waals surface area contributed by atoms with E-state index in [1.807, 2.05) is 20.8 Å². The summed E-state index contributed by atoms with van der Waals surface area (Å²) in [5, 5.41) is 13.1. The van der Waals surface area contributed by atoms with Gasteiger partial charge >= 0.3 is 0 Å². The second-order valence-electron chi connectivity index (χ2n) is 5.96. The summed E-state index contributed by atoms with van der Waals surface area (Å²) in [5.41, 5.74) is 0.801. The summed E-state index contributed by atoms with van der Waals surface area (Å²) in [6.07, 6.45) is 1.49. The molecule has 20 heavy (non-hydrogen) atoms. The van der Waals surface area contributed by atoms with Crippen LogP contribution in [-0.4, -0.2) is 28.6 Å². The van der Waals surface area contributed by atoms with Crippen LogP contribution >= 0.6 is 11.3 Å². The number of aryl methyl sites for hydroxylation is 1. The van der Waals surface area contributed by atoms with Gasteiger partial charge in [0.1, 0.15) is 4.88 Å². The number of carbonyl (C=O) groups excluding carboxylic acids is 1. The predicted octanol–water partition coefficient (Wildman–Crippen LogP) is 2.79. The van der Waals surface area contributed by atoms with Crippen molar-refractivity contribution >= 4 is 17.2 Å². The second kappa shape index (κ2) is 7.74. The molecule has 0 spiro atoms. The van der Waals surface area contributed by atoms with Crippen LogP contribution in [-0.2, 0) is 6.42 Å². The maximum atomic E-state index is 12.3. The molecule has 1 rings (SSSR count). The lowest BCUT2D eigenvalue weighted by Gasteiger charge is -2.21. The zero-order valence-electron chi connectivity index (χ0n) is 13.1. The van der Waals surface area contributed by atoms with Crippen molar-refractivity contribution in [1.29, 1.82) is 0 Å². The van der Waals surface area contributed by atoms with Crippen LogP contribution in [0, 0.1) is 18.8 Å². The maximum Gasteiger partial charge on any atom is 0.263 e. The molecule has 2 N–H and O–H groups in total. The van der Waals surface area contributed by atoms with Gasteiger partial charge in [-0.1, -0.05) is 27.7 Å². The van der Waals surface area contributed by atoms with E-state index in [0.717, 1.165) is 17.1 Å². The van der Waals surface area contributed by atoms with Crippen molar-refractivity contribution in [3.8, 4) is 0 Å². The Hall–Kier alpha value is -0.940. The quantitative estimate of drug-likeness (QED) is 0.813. The molecule has 0 aliphatic heterocycles. The fourth-order valence-corrected chi connectivity index (χ4v) is 3.22. The Labute approximate surface area is 125 Å². The van der Waals surface area contributed by atoms with Crippen molar-refractivity contribution in [2.24, 2.45) is 11.8 Å². The Morgan fingerprint density at radius 3 is 2.50 bits per heavy atom. The Morgan fingerprint density at radius 1 is 1.35 bits per heavy atom. The number of nitrogens with one attached hydrogen (secondary N) is 1. The number of thiazole rings is 1. The average molecular weight is 298 g/mol. The first kappa shape index (κ1) is 17.1. The van der Waals surface area contributed by atoms with Crippen LogP contribution < -0.4 is 5.32 Å². The van der Waals surface area contributed by atoms with E-state index in [1.54, 1.807) is 0 Å².